The van der Waals surface area contributed by atoms with Gasteiger partial charge in [0.15, 0.2) is 23.1 Å². The number of ether oxygens (including phenoxy) is 4. The summed E-state index contributed by atoms with van der Waals surface area (Å²) in [6.45, 7) is -0.0235. The zero-order valence-corrected chi connectivity index (χ0v) is 23.4. The maximum absolute atomic E-state index is 12.8. The standard InChI is InChI=1S/C28H20F3N5O6S/c1-37-19-10-15(11-20(38-2)23(19)39-3)26-34-24(36-42-26)27-32-18-9-8-17(12-21(18)43-27)40-13-22-33-25(41-35-22)14-4-6-16(7-5-14)28(29,30)31/h4-12H,13H2,1-3H3. The fourth-order valence-corrected chi connectivity index (χ4v) is 5.02. The molecule has 11 nitrogen and oxygen atoms in total. The zero-order chi connectivity index (χ0) is 30.1. The molecule has 0 saturated heterocycles. The van der Waals surface area contributed by atoms with Crippen LogP contribution in [0.25, 0.3) is 44.0 Å². The first-order chi connectivity index (χ1) is 20.7. The number of hydrogen-bond donors (Lipinski definition) is 0. The molecule has 0 bridgehead atoms. The van der Waals surface area contributed by atoms with Gasteiger partial charge in [0.05, 0.1) is 37.1 Å². The molecular formula is C28H20F3N5O6S. The summed E-state index contributed by atoms with van der Waals surface area (Å²) >= 11 is 1.34. The number of rotatable bonds is 9. The summed E-state index contributed by atoms with van der Waals surface area (Å²) < 4.78 is 71.9. The van der Waals surface area contributed by atoms with Crippen LogP contribution in [0.1, 0.15) is 11.4 Å². The summed E-state index contributed by atoms with van der Waals surface area (Å²) in [7, 11) is 4.55. The molecule has 0 aliphatic rings. The third kappa shape index (κ3) is 5.66. The Balaban J connectivity index is 1.16. The number of fused-ring (bicyclic) bond motifs is 1. The van der Waals surface area contributed by atoms with Gasteiger partial charge in [-0.05, 0) is 54.6 Å². The van der Waals surface area contributed by atoms with Crippen LogP contribution < -0.4 is 18.9 Å². The van der Waals surface area contributed by atoms with Crippen molar-refractivity contribution >= 4 is 21.6 Å². The quantitative estimate of drug-likeness (QED) is 0.174. The highest BCUT2D eigenvalue weighted by Gasteiger charge is 2.30. The van der Waals surface area contributed by atoms with Gasteiger partial charge < -0.3 is 28.0 Å². The van der Waals surface area contributed by atoms with Gasteiger partial charge in [0.2, 0.25) is 17.4 Å². The van der Waals surface area contributed by atoms with Crippen LogP contribution in [0.5, 0.6) is 23.0 Å². The fourth-order valence-electron chi connectivity index (χ4n) is 4.10. The summed E-state index contributed by atoms with van der Waals surface area (Å²) in [5.74, 6) is 2.71. The molecule has 3 heterocycles. The third-order valence-corrected chi connectivity index (χ3v) is 7.20. The first-order valence-corrected chi connectivity index (χ1v) is 13.3. The Hall–Kier alpha value is -5.18. The van der Waals surface area contributed by atoms with Crippen LogP contribution >= 0.6 is 11.3 Å². The van der Waals surface area contributed by atoms with Gasteiger partial charge in [-0.2, -0.15) is 23.1 Å². The molecule has 0 amide bonds. The number of aromatic nitrogens is 5. The number of thiazole rings is 1. The third-order valence-electron chi connectivity index (χ3n) is 6.18. The van der Waals surface area contributed by atoms with E-state index in [9.17, 15) is 13.2 Å². The van der Waals surface area contributed by atoms with Crippen LogP contribution in [-0.2, 0) is 12.8 Å². The van der Waals surface area contributed by atoms with E-state index in [0.29, 0.717) is 50.5 Å². The zero-order valence-electron chi connectivity index (χ0n) is 22.6. The van der Waals surface area contributed by atoms with Crippen LogP contribution in [0, 0.1) is 0 Å². The van der Waals surface area contributed by atoms with Crippen molar-refractivity contribution in [3.05, 3.63) is 66.0 Å². The maximum Gasteiger partial charge on any atom is 0.416 e. The Labute approximate surface area is 244 Å². The normalized spacial score (nSPS) is 11.6. The Morgan fingerprint density at radius 2 is 1.47 bits per heavy atom. The molecule has 0 unspecified atom stereocenters. The molecule has 0 spiro atoms. The van der Waals surface area contributed by atoms with E-state index in [1.54, 1.807) is 30.3 Å². The number of benzene rings is 3. The lowest BCUT2D eigenvalue weighted by molar-refractivity contribution is -0.137. The molecule has 0 aliphatic carbocycles. The van der Waals surface area contributed by atoms with Gasteiger partial charge in [-0.1, -0.05) is 10.3 Å². The minimum absolute atomic E-state index is 0.0235. The monoisotopic (exact) mass is 611 g/mol. The molecule has 0 radical (unpaired) electrons. The van der Waals surface area contributed by atoms with E-state index in [1.807, 2.05) is 0 Å². The van der Waals surface area contributed by atoms with Gasteiger partial charge in [0.25, 0.3) is 11.8 Å². The van der Waals surface area contributed by atoms with Gasteiger partial charge in [-0.25, -0.2) is 4.98 Å². The Kier molecular flexibility index (Phi) is 7.31. The average molecular weight is 612 g/mol. The minimum Gasteiger partial charge on any atom is -0.493 e. The van der Waals surface area contributed by atoms with E-state index in [-0.39, 0.29) is 24.2 Å². The molecule has 0 N–H and O–H groups in total. The summed E-state index contributed by atoms with van der Waals surface area (Å²) in [6.07, 6.45) is -4.43. The molecule has 3 aromatic heterocycles. The molecule has 0 aliphatic heterocycles. The highest BCUT2D eigenvalue weighted by molar-refractivity contribution is 7.21. The average Bonchev–Trinajstić information content (AvgIpc) is 3.78. The van der Waals surface area contributed by atoms with Crippen molar-refractivity contribution in [2.75, 3.05) is 21.3 Å². The first kappa shape index (κ1) is 28.0. The lowest BCUT2D eigenvalue weighted by atomic mass is 10.1. The van der Waals surface area contributed by atoms with Crippen LogP contribution in [0.15, 0.2) is 63.6 Å². The van der Waals surface area contributed by atoms with E-state index >= 15 is 0 Å². The largest absolute Gasteiger partial charge is 0.493 e. The second-order valence-corrected chi connectivity index (χ2v) is 9.90. The van der Waals surface area contributed by atoms with Crippen molar-refractivity contribution in [1.29, 1.82) is 0 Å². The molecular weight excluding hydrogens is 591 g/mol. The van der Waals surface area contributed by atoms with Gasteiger partial charge >= 0.3 is 6.18 Å². The van der Waals surface area contributed by atoms with Crippen molar-refractivity contribution in [2.45, 2.75) is 12.8 Å². The van der Waals surface area contributed by atoms with Gasteiger partial charge in [0.1, 0.15) is 5.75 Å². The van der Waals surface area contributed by atoms with Crippen LogP contribution in [-0.4, -0.2) is 46.6 Å². The highest BCUT2D eigenvalue weighted by atomic mass is 32.1. The van der Waals surface area contributed by atoms with Crippen molar-refractivity contribution in [2.24, 2.45) is 0 Å². The Morgan fingerprint density at radius 3 is 2.14 bits per heavy atom. The minimum atomic E-state index is -4.43. The maximum atomic E-state index is 12.8. The molecule has 0 atom stereocenters. The smallest absolute Gasteiger partial charge is 0.416 e. The SMILES string of the molecule is COc1cc(-c2nc(-c3nc4ccc(OCc5noc(-c6ccc(C(F)(F)F)cc6)n5)cc4s3)no2)cc(OC)c1OC. The topological polar surface area (TPSA) is 128 Å². The lowest BCUT2D eigenvalue weighted by Crippen LogP contribution is -2.04. The van der Waals surface area contributed by atoms with E-state index in [0.717, 1.165) is 16.8 Å². The van der Waals surface area contributed by atoms with E-state index < -0.39 is 11.7 Å². The van der Waals surface area contributed by atoms with E-state index in [4.69, 9.17) is 28.0 Å². The second kappa shape index (κ2) is 11.2. The summed E-state index contributed by atoms with van der Waals surface area (Å²) in [5.41, 5.74) is 0.878. The number of nitrogens with zero attached hydrogens (tertiary/aromatic N) is 5. The Bertz CT molecular complexity index is 1880. The van der Waals surface area contributed by atoms with Gasteiger partial charge in [0, 0.05) is 11.1 Å². The molecule has 0 fully saturated rings. The van der Waals surface area contributed by atoms with Gasteiger partial charge in [-0.3, -0.25) is 0 Å². The predicted octanol–water partition coefficient (Wildman–Crippen LogP) is 6.69. The van der Waals surface area contributed by atoms with Crippen molar-refractivity contribution in [3.8, 4) is 56.7 Å². The number of methoxy groups -OCH3 is 3. The van der Waals surface area contributed by atoms with Crippen LogP contribution in [0.2, 0.25) is 0 Å². The predicted molar refractivity (Wildman–Crippen MR) is 147 cm³/mol. The molecule has 0 saturated carbocycles. The number of halogens is 3. The number of alkyl halides is 3. The van der Waals surface area contributed by atoms with Crippen molar-refractivity contribution in [1.82, 2.24) is 25.3 Å². The van der Waals surface area contributed by atoms with Gasteiger partial charge in [-0.15, -0.1) is 11.3 Å². The molecule has 15 heteroatoms. The number of hydrogen-bond acceptors (Lipinski definition) is 12. The van der Waals surface area contributed by atoms with E-state index in [2.05, 4.69) is 25.3 Å². The summed E-state index contributed by atoms with van der Waals surface area (Å²) in [6, 6.07) is 13.2. The summed E-state index contributed by atoms with van der Waals surface area (Å²) in [4.78, 5) is 13.3. The van der Waals surface area contributed by atoms with Crippen LogP contribution in [0.3, 0.4) is 0 Å². The molecule has 3 aromatic carbocycles. The van der Waals surface area contributed by atoms with Crippen LogP contribution in [0.4, 0.5) is 13.2 Å². The fraction of sp³-hybridized carbons (Fsp3) is 0.179. The van der Waals surface area contributed by atoms with E-state index in [1.165, 1.54) is 44.8 Å². The highest BCUT2D eigenvalue weighted by Crippen LogP contribution is 2.41. The molecule has 43 heavy (non-hydrogen) atoms. The Morgan fingerprint density at radius 1 is 0.767 bits per heavy atom. The molecule has 6 aromatic rings. The molecule has 6 rings (SSSR count). The summed E-state index contributed by atoms with van der Waals surface area (Å²) in [5, 5.41) is 8.48. The first-order valence-electron chi connectivity index (χ1n) is 12.4. The van der Waals surface area contributed by atoms with Crippen molar-refractivity contribution in [3.63, 3.8) is 0 Å². The van der Waals surface area contributed by atoms with Crippen molar-refractivity contribution < 1.29 is 41.2 Å². The lowest BCUT2D eigenvalue weighted by Gasteiger charge is -2.12. The molecule has 220 valence electrons. The second-order valence-electron chi connectivity index (χ2n) is 8.87.